The molecule has 0 bridgehead atoms. The van der Waals surface area contributed by atoms with E-state index in [-0.39, 0.29) is 11.9 Å². The van der Waals surface area contributed by atoms with Gasteiger partial charge in [0.15, 0.2) is 0 Å². The Balaban J connectivity index is 2.27. The van der Waals surface area contributed by atoms with E-state index in [1.54, 1.807) is 18.3 Å². The van der Waals surface area contributed by atoms with Crippen LogP contribution in [0.4, 0.5) is 5.00 Å². The molecule has 0 aliphatic heterocycles. The fourth-order valence-electron chi connectivity index (χ4n) is 2.78. The van der Waals surface area contributed by atoms with Crippen molar-refractivity contribution in [1.29, 1.82) is 0 Å². The van der Waals surface area contributed by atoms with Crippen LogP contribution < -0.4 is 5.32 Å². The Labute approximate surface area is 136 Å². The zero-order valence-corrected chi connectivity index (χ0v) is 14.5. The van der Waals surface area contributed by atoms with E-state index in [2.05, 4.69) is 19.2 Å². The van der Waals surface area contributed by atoms with E-state index >= 15 is 0 Å². The molecule has 1 aliphatic carbocycles. The highest BCUT2D eigenvalue weighted by molar-refractivity contribution is 7.17. The van der Waals surface area contributed by atoms with E-state index < -0.39 is 0 Å². The molecule has 0 saturated carbocycles. The minimum absolute atomic E-state index is 0.0148. The first-order valence-electron chi connectivity index (χ1n) is 8.18. The fraction of sp³-hybridized carbons (Fsp3) is 0.647. The standard InChI is InChI=1S/C17H25NO3S/c1-4-6-7-14(19)18-16-15(17(20)21-5-2)12-9-8-11(3)10-13(12)22-16/h11H,4-10H2,1-3H3,(H,18,19)/t11-/m0/s1. The van der Waals surface area contributed by atoms with E-state index in [1.807, 2.05) is 0 Å². The Morgan fingerprint density at radius 3 is 2.82 bits per heavy atom. The first-order chi connectivity index (χ1) is 10.6. The highest BCUT2D eigenvalue weighted by Crippen LogP contribution is 2.40. The van der Waals surface area contributed by atoms with Crippen molar-refractivity contribution in [1.82, 2.24) is 0 Å². The van der Waals surface area contributed by atoms with Crippen molar-refractivity contribution in [2.45, 2.75) is 59.3 Å². The number of nitrogens with one attached hydrogen (secondary N) is 1. The second-order valence-electron chi connectivity index (χ2n) is 5.93. The molecular formula is C17H25NO3S. The number of esters is 1. The van der Waals surface area contributed by atoms with Crippen LogP contribution in [0.2, 0.25) is 0 Å². The topological polar surface area (TPSA) is 55.4 Å². The first-order valence-corrected chi connectivity index (χ1v) is 8.99. The summed E-state index contributed by atoms with van der Waals surface area (Å²) >= 11 is 1.55. The third-order valence-corrected chi connectivity index (χ3v) is 5.17. The number of fused-ring (bicyclic) bond motifs is 1. The summed E-state index contributed by atoms with van der Waals surface area (Å²) in [4.78, 5) is 25.6. The Morgan fingerprint density at radius 2 is 2.14 bits per heavy atom. The van der Waals surface area contributed by atoms with E-state index in [0.717, 1.165) is 37.7 Å². The maximum Gasteiger partial charge on any atom is 0.341 e. The summed E-state index contributed by atoms with van der Waals surface area (Å²) in [5, 5.41) is 3.61. The third-order valence-electron chi connectivity index (χ3n) is 4.00. The summed E-state index contributed by atoms with van der Waals surface area (Å²) in [6, 6.07) is 0. The number of amides is 1. The Morgan fingerprint density at radius 1 is 1.36 bits per heavy atom. The lowest BCUT2D eigenvalue weighted by atomic mass is 9.88. The van der Waals surface area contributed by atoms with Crippen LogP contribution in [0.1, 0.15) is 67.3 Å². The predicted molar refractivity (Wildman–Crippen MR) is 89.6 cm³/mol. The molecule has 2 rings (SSSR count). The number of hydrogen-bond donors (Lipinski definition) is 1. The number of ether oxygens (including phenoxy) is 1. The fourth-order valence-corrected chi connectivity index (χ4v) is 4.20. The van der Waals surface area contributed by atoms with Gasteiger partial charge in [-0.3, -0.25) is 4.79 Å². The number of hydrogen-bond acceptors (Lipinski definition) is 4. The Bertz CT molecular complexity index is 550. The van der Waals surface area contributed by atoms with Gasteiger partial charge in [0, 0.05) is 11.3 Å². The molecule has 0 spiro atoms. The van der Waals surface area contributed by atoms with Crippen molar-refractivity contribution < 1.29 is 14.3 Å². The molecule has 4 nitrogen and oxygen atoms in total. The molecule has 1 heterocycles. The molecule has 0 aromatic carbocycles. The van der Waals surface area contributed by atoms with E-state index in [0.29, 0.717) is 29.5 Å². The van der Waals surface area contributed by atoms with Gasteiger partial charge in [-0.1, -0.05) is 20.3 Å². The van der Waals surface area contributed by atoms with Gasteiger partial charge in [0.2, 0.25) is 5.91 Å². The second kappa shape index (κ2) is 7.77. The summed E-state index contributed by atoms with van der Waals surface area (Å²) in [7, 11) is 0. The van der Waals surface area contributed by atoms with Crippen molar-refractivity contribution in [3.8, 4) is 0 Å². The van der Waals surface area contributed by atoms with E-state index in [1.165, 1.54) is 4.88 Å². The van der Waals surface area contributed by atoms with Gasteiger partial charge in [0.1, 0.15) is 5.00 Å². The third kappa shape index (κ3) is 3.88. The predicted octanol–water partition coefficient (Wildman–Crippen LogP) is 4.18. The maximum absolute atomic E-state index is 12.3. The van der Waals surface area contributed by atoms with Crippen LogP contribution in [-0.4, -0.2) is 18.5 Å². The molecule has 1 N–H and O–H groups in total. The van der Waals surface area contributed by atoms with Gasteiger partial charge >= 0.3 is 5.97 Å². The highest BCUT2D eigenvalue weighted by Gasteiger charge is 2.28. The summed E-state index contributed by atoms with van der Waals surface area (Å²) in [5.41, 5.74) is 1.69. The van der Waals surface area contributed by atoms with Crippen LogP contribution in [0.15, 0.2) is 0 Å². The lowest BCUT2D eigenvalue weighted by Gasteiger charge is -2.18. The summed E-state index contributed by atoms with van der Waals surface area (Å²) in [5.74, 6) is 0.309. The summed E-state index contributed by atoms with van der Waals surface area (Å²) in [6.07, 6.45) is 5.31. The second-order valence-corrected chi connectivity index (χ2v) is 7.03. The monoisotopic (exact) mass is 323 g/mol. The van der Waals surface area contributed by atoms with Crippen molar-refractivity contribution in [2.75, 3.05) is 11.9 Å². The van der Waals surface area contributed by atoms with Gasteiger partial charge in [-0.2, -0.15) is 0 Å². The number of carbonyl (C=O) groups excluding carboxylic acids is 2. The van der Waals surface area contributed by atoms with Crippen LogP contribution in [0.25, 0.3) is 0 Å². The van der Waals surface area contributed by atoms with E-state index in [4.69, 9.17) is 4.74 Å². The van der Waals surface area contributed by atoms with Crippen LogP contribution in [0, 0.1) is 5.92 Å². The normalized spacial score (nSPS) is 17.0. The number of carbonyl (C=O) groups is 2. The van der Waals surface area contributed by atoms with Crippen LogP contribution >= 0.6 is 11.3 Å². The zero-order chi connectivity index (χ0) is 16.1. The van der Waals surface area contributed by atoms with Crippen LogP contribution in [0.3, 0.4) is 0 Å². The quantitative estimate of drug-likeness (QED) is 0.799. The van der Waals surface area contributed by atoms with Gasteiger partial charge in [-0.05, 0) is 44.1 Å². The number of rotatable bonds is 6. The highest BCUT2D eigenvalue weighted by atomic mass is 32.1. The minimum Gasteiger partial charge on any atom is -0.462 e. The molecule has 1 amide bonds. The molecule has 1 aromatic heterocycles. The molecule has 22 heavy (non-hydrogen) atoms. The SMILES string of the molecule is CCCCC(=O)Nc1sc2c(c1C(=O)OCC)CC[C@H](C)C2. The molecule has 0 unspecified atom stereocenters. The minimum atomic E-state index is -0.305. The average molecular weight is 323 g/mol. The van der Waals surface area contributed by atoms with Gasteiger partial charge in [0.05, 0.1) is 12.2 Å². The molecule has 122 valence electrons. The molecule has 1 aliphatic rings. The van der Waals surface area contributed by atoms with Crippen LogP contribution in [0.5, 0.6) is 0 Å². The molecule has 0 saturated heterocycles. The summed E-state index contributed by atoms with van der Waals surface area (Å²) < 4.78 is 5.20. The van der Waals surface area contributed by atoms with Crippen molar-refractivity contribution in [3.63, 3.8) is 0 Å². The number of anilines is 1. The molecule has 1 atom stereocenters. The number of thiophene rings is 1. The molecule has 5 heteroatoms. The van der Waals surface area contributed by atoms with Gasteiger partial charge in [0.25, 0.3) is 0 Å². The lowest BCUT2D eigenvalue weighted by Crippen LogP contribution is -2.16. The average Bonchev–Trinajstić information content (AvgIpc) is 2.82. The Kier molecular flexibility index (Phi) is 6.00. The van der Waals surface area contributed by atoms with E-state index in [9.17, 15) is 9.59 Å². The van der Waals surface area contributed by atoms with Crippen LogP contribution in [-0.2, 0) is 22.4 Å². The van der Waals surface area contributed by atoms with Crippen molar-refractivity contribution >= 4 is 28.2 Å². The number of unbranched alkanes of at least 4 members (excludes halogenated alkanes) is 1. The van der Waals surface area contributed by atoms with Gasteiger partial charge in [-0.15, -0.1) is 11.3 Å². The van der Waals surface area contributed by atoms with Crippen molar-refractivity contribution in [2.24, 2.45) is 5.92 Å². The van der Waals surface area contributed by atoms with Gasteiger partial charge in [-0.25, -0.2) is 4.79 Å². The van der Waals surface area contributed by atoms with Crippen molar-refractivity contribution in [3.05, 3.63) is 16.0 Å². The molecular weight excluding hydrogens is 298 g/mol. The first kappa shape index (κ1) is 17.0. The van der Waals surface area contributed by atoms with Gasteiger partial charge < -0.3 is 10.1 Å². The summed E-state index contributed by atoms with van der Waals surface area (Å²) in [6.45, 7) is 6.44. The zero-order valence-electron chi connectivity index (χ0n) is 13.7. The smallest absolute Gasteiger partial charge is 0.341 e. The largest absolute Gasteiger partial charge is 0.462 e. The molecule has 0 fully saturated rings. The molecule has 1 aromatic rings. The Hall–Kier alpha value is -1.36. The molecule has 0 radical (unpaired) electrons. The lowest BCUT2D eigenvalue weighted by molar-refractivity contribution is -0.116. The maximum atomic E-state index is 12.3.